The zero-order valence-corrected chi connectivity index (χ0v) is 16.7. The van der Waals surface area contributed by atoms with E-state index in [2.05, 4.69) is 21.6 Å². The lowest BCUT2D eigenvalue weighted by Gasteiger charge is -2.33. The molecule has 0 bridgehead atoms. The minimum atomic E-state index is -0.373. The van der Waals surface area contributed by atoms with Gasteiger partial charge in [-0.1, -0.05) is 24.3 Å². The Morgan fingerprint density at radius 1 is 1.25 bits per heavy atom. The van der Waals surface area contributed by atoms with Gasteiger partial charge in [0.25, 0.3) is 0 Å². The summed E-state index contributed by atoms with van der Waals surface area (Å²) in [6.45, 7) is 1.42. The molecule has 0 saturated carbocycles. The average molecular weight is 385 g/mol. The van der Waals surface area contributed by atoms with Crippen molar-refractivity contribution in [3.05, 3.63) is 65.0 Å². The second-order valence-electron chi connectivity index (χ2n) is 7.48. The Hall–Kier alpha value is -2.44. The Morgan fingerprint density at radius 3 is 2.75 bits per heavy atom. The maximum absolute atomic E-state index is 14.3. The van der Waals surface area contributed by atoms with Crippen LogP contribution in [0.5, 0.6) is 5.75 Å². The number of nitrogens with one attached hydrogen (secondary N) is 2. The molecule has 150 valence electrons. The summed E-state index contributed by atoms with van der Waals surface area (Å²) in [4.78, 5) is 14.0. The van der Waals surface area contributed by atoms with Gasteiger partial charge in [-0.15, -0.1) is 0 Å². The number of nitrogens with zero attached hydrogens (tertiary/aromatic N) is 1. The quantitative estimate of drug-likeness (QED) is 0.769. The molecule has 2 N–H and O–H groups in total. The van der Waals surface area contributed by atoms with Gasteiger partial charge in [-0.25, -0.2) is 4.39 Å². The third-order valence-corrected chi connectivity index (χ3v) is 5.04. The van der Waals surface area contributed by atoms with Gasteiger partial charge < -0.3 is 20.3 Å². The third-order valence-electron chi connectivity index (χ3n) is 5.04. The molecule has 1 aliphatic heterocycles. The van der Waals surface area contributed by atoms with Crippen LogP contribution in [0.2, 0.25) is 0 Å². The van der Waals surface area contributed by atoms with E-state index in [1.165, 1.54) is 6.07 Å². The first-order valence-electron chi connectivity index (χ1n) is 9.55. The Bertz CT molecular complexity index is 825. The molecule has 0 radical (unpaired) electrons. The van der Waals surface area contributed by atoms with Crippen LogP contribution in [0, 0.1) is 5.82 Å². The molecule has 2 aromatic carbocycles. The Morgan fingerprint density at radius 2 is 2.04 bits per heavy atom. The summed E-state index contributed by atoms with van der Waals surface area (Å²) in [5, 5.41) is 6.46. The molecular weight excluding hydrogens is 357 g/mol. The largest absolute Gasteiger partial charge is 0.496 e. The topological polar surface area (TPSA) is 53.6 Å². The number of carbonyl (C=O) groups is 1. The van der Waals surface area contributed by atoms with E-state index >= 15 is 0 Å². The number of hydrogen-bond donors (Lipinski definition) is 2. The zero-order valence-electron chi connectivity index (χ0n) is 16.7. The molecular formula is C22H28FN3O2. The van der Waals surface area contributed by atoms with Crippen molar-refractivity contribution in [3.63, 3.8) is 0 Å². The van der Waals surface area contributed by atoms with Crippen molar-refractivity contribution >= 4 is 5.91 Å². The number of amides is 1. The maximum Gasteiger partial charge on any atom is 0.220 e. The molecule has 1 amide bonds. The van der Waals surface area contributed by atoms with E-state index in [1.807, 2.05) is 26.2 Å². The average Bonchev–Trinajstić information content (AvgIpc) is 2.67. The second-order valence-corrected chi connectivity index (χ2v) is 7.48. The molecule has 1 fully saturated rings. The lowest BCUT2D eigenvalue weighted by atomic mass is 9.91. The molecule has 1 heterocycles. The number of rotatable bonds is 7. The summed E-state index contributed by atoms with van der Waals surface area (Å²) in [7, 11) is 5.72. The fraction of sp³-hybridized carbons (Fsp3) is 0.409. The van der Waals surface area contributed by atoms with Gasteiger partial charge >= 0.3 is 0 Å². The molecule has 0 aromatic heterocycles. The Kier molecular flexibility index (Phi) is 6.65. The number of piperidine rings is 1. The van der Waals surface area contributed by atoms with Crippen LogP contribution >= 0.6 is 0 Å². The van der Waals surface area contributed by atoms with E-state index in [0.29, 0.717) is 24.9 Å². The van der Waals surface area contributed by atoms with Crippen molar-refractivity contribution in [3.8, 4) is 5.75 Å². The van der Waals surface area contributed by atoms with E-state index < -0.39 is 0 Å². The van der Waals surface area contributed by atoms with Crippen LogP contribution in [0.25, 0.3) is 0 Å². The predicted molar refractivity (Wildman–Crippen MR) is 108 cm³/mol. The van der Waals surface area contributed by atoms with Crippen LogP contribution in [0.4, 0.5) is 4.39 Å². The number of carbonyl (C=O) groups excluding carboxylic acids is 1. The van der Waals surface area contributed by atoms with Gasteiger partial charge in [0, 0.05) is 36.7 Å². The van der Waals surface area contributed by atoms with Gasteiger partial charge in [0.05, 0.1) is 13.2 Å². The van der Waals surface area contributed by atoms with Crippen LogP contribution in [0.15, 0.2) is 42.5 Å². The van der Waals surface area contributed by atoms with Crippen LogP contribution < -0.4 is 15.4 Å². The van der Waals surface area contributed by atoms with Gasteiger partial charge in [-0.2, -0.15) is 0 Å². The predicted octanol–water partition coefficient (Wildman–Crippen LogP) is 3.01. The van der Waals surface area contributed by atoms with E-state index in [4.69, 9.17) is 4.74 Å². The van der Waals surface area contributed by atoms with Crippen molar-refractivity contribution in [2.45, 2.75) is 38.0 Å². The van der Waals surface area contributed by atoms with Gasteiger partial charge in [0.2, 0.25) is 5.91 Å². The van der Waals surface area contributed by atoms with Gasteiger partial charge in [0.1, 0.15) is 11.6 Å². The highest BCUT2D eigenvalue weighted by Crippen LogP contribution is 2.27. The number of methoxy groups -OCH3 is 1. The lowest BCUT2D eigenvalue weighted by Crippen LogP contribution is -2.48. The molecule has 5 nitrogen and oxygen atoms in total. The summed E-state index contributed by atoms with van der Waals surface area (Å²) >= 11 is 0. The van der Waals surface area contributed by atoms with Crippen molar-refractivity contribution in [1.29, 1.82) is 0 Å². The van der Waals surface area contributed by atoms with Gasteiger partial charge in [-0.3, -0.25) is 4.79 Å². The first kappa shape index (κ1) is 20.3. The van der Waals surface area contributed by atoms with Crippen molar-refractivity contribution in [2.24, 2.45) is 0 Å². The molecule has 3 rings (SSSR count). The molecule has 0 spiro atoms. The summed E-state index contributed by atoms with van der Waals surface area (Å²) in [5.74, 6) is 0.537. The minimum absolute atomic E-state index is 0.0333. The highest BCUT2D eigenvalue weighted by Gasteiger charge is 2.31. The van der Waals surface area contributed by atoms with Crippen molar-refractivity contribution in [2.75, 3.05) is 21.2 Å². The monoisotopic (exact) mass is 385 g/mol. The second kappa shape index (κ2) is 9.17. The Balaban J connectivity index is 1.75. The smallest absolute Gasteiger partial charge is 0.220 e. The molecule has 0 unspecified atom stereocenters. The van der Waals surface area contributed by atoms with E-state index in [1.54, 1.807) is 25.3 Å². The van der Waals surface area contributed by atoms with Crippen molar-refractivity contribution < 1.29 is 13.9 Å². The summed E-state index contributed by atoms with van der Waals surface area (Å²) in [5.41, 5.74) is 2.77. The van der Waals surface area contributed by atoms with Crippen LogP contribution in [-0.2, 0) is 17.9 Å². The fourth-order valence-corrected chi connectivity index (χ4v) is 3.70. The van der Waals surface area contributed by atoms with E-state index in [-0.39, 0.29) is 23.8 Å². The summed E-state index contributed by atoms with van der Waals surface area (Å²) in [6.07, 6.45) is 1.11. The van der Waals surface area contributed by atoms with Crippen LogP contribution in [0.3, 0.4) is 0 Å². The molecule has 0 aliphatic carbocycles. The highest BCUT2D eigenvalue weighted by atomic mass is 19.1. The third kappa shape index (κ3) is 4.88. The van der Waals surface area contributed by atoms with E-state index in [0.717, 1.165) is 23.4 Å². The number of hydrogen-bond acceptors (Lipinski definition) is 4. The highest BCUT2D eigenvalue weighted by molar-refractivity contribution is 5.77. The molecule has 28 heavy (non-hydrogen) atoms. The molecule has 2 aromatic rings. The first-order valence-corrected chi connectivity index (χ1v) is 9.55. The summed E-state index contributed by atoms with van der Waals surface area (Å²) in [6, 6.07) is 12.4. The van der Waals surface area contributed by atoms with Crippen LogP contribution in [-0.4, -0.2) is 38.1 Å². The minimum Gasteiger partial charge on any atom is -0.496 e. The van der Waals surface area contributed by atoms with Gasteiger partial charge in [-0.05, 0) is 44.3 Å². The number of benzene rings is 2. The van der Waals surface area contributed by atoms with Gasteiger partial charge in [0.15, 0.2) is 0 Å². The zero-order chi connectivity index (χ0) is 20.1. The Labute approximate surface area is 165 Å². The SMILES string of the molecule is COc1ccc(CN[C@@H]2CCC(=O)N[C@H]2c2ccccc2F)cc1CN(C)C. The maximum atomic E-state index is 14.3. The fourth-order valence-electron chi connectivity index (χ4n) is 3.70. The molecule has 1 saturated heterocycles. The molecule has 1 aliphatic rings. The summed E-state index contributed by atoms with van der Waals surface area (Å²) < 4.78 is 19.8. The molecule has 2 atom stereocenters. The normalized spacial score (nSPS) is 19.5. The number of ether oxygens (including phenoxy) is 1. The number of halogens is 1. The van der Waals surface area contributed by atoms with Crippen molar-refractivity contribution in [1.82, 2.24) is 15.5 Å². The standard InChI is InChI=1S/C22H28FN3O2/c1-26(2)14-16-12-15(8-10-20(16)28-3)13-24-19-9-11-21(27)25-22(19)17-6-4-5-7-18(17)23/h4-8,10,12,19,22,24H,9,11,13-14H2,1-3H3,(H,25,27)/t19-,22+/m1/s1. The van der Waals surface area contributed by atoms with E-state index in [9.17, 15) is 9.18 Å². The lowest BCUT2D eigenvalue weighted by molar-refractivity contribution is -0.123. The first-order chi connectivity index (χ1) is 13.5. The van der Waals surface area contributed by atoms with Crippen LogP contribution in [0.1, 0.15) is 35.6 Å². The molecule has 6 heteroatoms.